The largest absolute Gasteiger partial charge is 0.392 e. The molecule has 104 valence electrons. The van der Waals surface area contributed by atoms with E-state index in [1.807, 2.05) is 6.07 Å². The zero-order valence-electron chi connectivity index (χ0n) is 11.5. The Balaban J connectivity index is 2.49. The van der Waals surface area contributed by atoms with Gasteiger partial charge >= 0.3 is 0 Å². The van der Waals surface area contributed by atoms with E-state index in [4.69, 9.17) is 5.26 Å². The first-order valence-corrected chi connectivity index (χ1v) is 6.69. The quantitative estimate of drug-likeness (QED) is 0.796. The van der Waals surface area contributed by atoms with Crippen LogP contribution < -0.4 is 5.32 Å². The summed E-state index contributed by atoms with van der Waals surface area (Å²) in [6.45, 7) is 5.04. The smallest absolute Gasteiger partial charge is 0.124 e. The summed E-state index contributed by atoms with van der Waals surface area (Å²) in [5.41, 5.74) is 1.03. The second-order valence-corrected chi connectivity index (χ2v) is 4.73. The molecule has 0 aromatic heterocycles. The van der Waals surface area contributed by atoms with Crippen LogP contribution in [-0.2, 0) is 6.54 Å². The number of nitrogens with zero attached hydrogens (tertiary/aromatic N) is 1. The fraction of sp³-hybridized carbons (Fsp3) is 0.533. The van der Waals surface area contributed by atoms with E-state index in [9.17, 15) is 9.50 Å². The van der Waals surface area contributed by atoms with Gasteiger partial charge in [-0.25, -0.2) is 4.39 Å². The van der Waals surface area contributed by atoms with E-state index in [1.165, 1.54) is 12.1 Å². The molecule has 1 aromatic carbocycles. The summed E-state index contributed by atoms with van der Waals surface area (Å²) in [6, 6.07) is 6.19. The van der Waals surface area contributed by atoms with E-state index in [1.54, 1.807) is 6.07 Å². The molecule has 0 amide bonds. The van der Waals surface area contributed by atoms with Crippen molar-refractivity contribution < 1.29 is 9.50 Å². The van der Waals surface area contributed by atoms with Crippen LogP contribution in [0.25, 0.3) is 0 Å². The SMILES string of the molecule is CCC(CC)C(O)CNCc1cc(F)cc(C#N)c1. The molecule has 1 atom stereocenters. The maximum absolute atomic E-state index is 13.2. The minimum atomic E-state index is -0.406. The molecule has 0 aliphatic heterocycles. The van der Waals surface area contributed by atoms with E-state index in [-0.39, 0.29) is 12.0 Å². The van der Waals surface area contributed by atoms with E-state index in [0.29, 0.717) is 24.2 Å². The Morgan fingerprint density at radius 1 is 1.32 bits per heavy atom. The Labute approximate surface area is 114 Å². The summed E-state index contributed by atoms with van der Waals surface area (Å²) in [6.07, 6.45) is 1.49. The van der Waals surface area contributed by atoms with Crippen LogP contribution in [0.1, 0.15) is 37.8 Å². The van der Waals surface area contributed by atoms with Gasteiger partial charge < -0.3 is 10.4 Å². The number of rotatable bonds is 7. The molecule has 1 rings (SSSR count). The number of aliphatic hydroxyl groups is 1. The Hall–Kier alpha value is -1.44. The molecule has 1 unspecified atom stereocenters. The second-order valence-electron chi connectivity index (χ2n) is 4.73. The molecule has 4 heteroatoms. The summed E-state index contributed by atoms with van der Waals surface area (Å²) in [7, 11) is 0. The van der Waals surface area contributed by atoms with Crippen molar-refractivity contribution in [1.29, 1.82) is 5.26 Å². The maximum atomic E-state index is 13.2. The lowest BCUT2D eigenvalue weighted by molar-refractivity contribution is 0.101. The number of nitriles is 1. The van der Waals surface area contributed by atoms with Gasteiger partial charge in [-0.15, -0.1) is 0 Å². The lowest BCUT2D eigenvalue weighted by Crippen LogP contribution is -2.32. The molecule has 1 aromatic rings. The third-order valence-corrected chi connectivity index (χ3v) is 3.36. The third kappa shape index (κ3) is 4.98. The van der Waals surface area contributed by atoms with Gasteiger partial charge in [0.05, 0.1) is 17.7 Å². The molecule has 19 heavy (non-hydrogen) atoms. The van der Waals surface area contributed by atoms with E-state index < -0.39 is 5.82 Å². The van der Waals surface area contributed by atoms with Crippen molar-refractivity contribution in [3.63, 3.8) is 0 Å². The molecule has 0 bridgehead atoms. The summed E-state index contributed by atoms with van der Waals surface area (Å²) in [5, 5.41) is 21.8. The van der Waals surface area contributed by atoms with Gasteiger partial charge in [0.25, 0.3) is 0 Å². The lowest BCUT2D eigenvalue weighted by Gasteiger charge is -2.20. The van der Waals surface area contributed by atoms with E-state index in [2.05, 4.69) is 19.2 Å². The van der Waals surface area contributed by atoms with Crippen molar-refractivity contribution in [2.75, 3.05) is 6.54 Å². The van der Waals surface area contributed by atoms with Crippen molar-refractivity contribution >= 4 is 0 Å². The zero-order chi connectivity index (χ0) is 14.3. The topological polar surface area (TPSA) is 56.0 Å². The Morgan fingerprint density at radius 3 is 2.58 bits per heavy atom. The van der Waals surface area contributed by atoms with Crippen LogP contribution in [0.4, 0.5) is 4.39 Å². The fourth-order valence-corrected chi connectivity index (χ4v) is 2.18. The fourth-order valence-electron chi connectivity index (χ4n) is 2.18. The number of hydrogen-bond donors (Lipinski definition) is 2. The maximum Gasteiger partial charge on any atom is 0.124 e. The van der Waals surface area contributed by atoms with Crippen molar-refractivity contribution in [1.82, 2.24) is 5.32 Å². The van der Waals surface area contributed by atoms with E-state index in [0.717, 1.165) is 12.8 Å². The van der Waals surface area contributed by atoms with Crippen molar-refractivity contribution in [3.8, 4) is 6.07 Å². The van der Waals surface area contributed by atoms with Crippen LogP contribution in [0.2, 0.25) is 0 Å². The molecular weight excluding hydrogens is 243 g/mol. The van der Waals surface area contributed by atoms with Crippen LogP contribution in [0, 0.1) is 23.1 Å². The van der Waals surface area contributed by atoms with Gasteiger partial charge in [-0.05, 0) is 29.7 Å². The predicted molar refractivity (Wildman–Crippen MR) is 72.9 cm³/mol. The van der Waals surface area contributed by atoms with E-state index >= 15 is 0 Å². The van der Waals surface area contributed by atoms with Crippen LogP contribution in [0.5, 0.6) is 0 Å². The Bertz CT molecular complexity index is 438. The van der Waals surface area contributed by atoms with Gasteiger partial charge in [0.15, 0.2) is 0 Å². The number of nitrogens with one attached hydrogen (secondary N) is 1. The van der Waals surface area contributed by atoms with Gasteiger partial charge in [0, 0.05) is 13.1 Å². The molecule has 0 fully saturated rings. The van der Waals surface area contributed by atoms with Crippen LogP contribution in [0.3, 0.4) is 0 Å². The second kappa shape index (κ2) is 7.88. The Morgan fingerprint density at radius 2 is 2.00 bits per heavy atom. The summed E-state index contributed by atoms with van der Waals surface area (Å²) < 4.78 is 13.2. The van der Waals surface area contributed by atoms with Crippen LogP contribution >= 0.6 is 0 Å². The van der Waals surface area contributed by atoms with Crippen molar-refractivity contribution in [2.24, 2.45) is 5.92 Å². The zero-order valence-corrected chi connectivity index (χ0v) is 11.5. The van der Waals surface area contributed by atoms with Gasteiger partial charge in [-0.2, -0.15) is 5.26 Å². The minimum absolute atomic E-state index is 0.287. The molecule has 0 saturated heterocycles. The Kier molecular flexibility index (Phi) is 6.48. The number of aliphatic hydroxyl groups excluding tert-OH is 1. The van der Waals surface area contributed by atoms with Gasteiger partial charge in [0.2, 0.25) is 0 Å². The van der Waals surface area contributed by atoms with Crippen molar-refractivity contribution in [3.05, 3.63) is 35.1 Å². The van der Waals surface area contributed by atoms with Gasteiger partial charge in [-0.1, -0.05) is 26.7 Å². The highest BCUT2D eigenvalue weighted by Crippen LogP contribution is 2.13. The van der Waals surface area contributed by atoms with Crippen molar-refractivity contribution in [2.45, 2.75) is 39.3 Å². The first kappa shape index (κ1) is 15.6. The molecule has 0 spiro atoms. The lowest BCUT2D eigenvalue weighted by atomic mass is 9.96. The predicted octanol–water partition coefficient (Wildman–Crippen LogP) is 2.58. The number of hydrogen-bond acceptors (Lipinski definition) is 3. The van der Waals surface area contributed by atoms with Crippen LogP contribution in [0.15, 0.2) is 18.2 Å². The highest BCUT2D eigenvalue weighted by molar-refractivity contribution is 5.33. The van der Waals surface area contributed by atoms with Gasteiger partial charge in [0.1, 0.15) is 5.82 Å². The van der Waals surface area contributed by atoms with Crippen LogP contribution in [-0.4, -0.2) is 17.8 Å². The number of benzene rings is 1. The highest BCUT2D eigenvalue weighted by atomic mass is 19.1. The molecule has 0 radical (unpaired) electrons. The molecular formula is C15H21FN2O. The number of halogens is 1. The van der Waals surface area contributed by atoms with Gasteiger partial charge in [-0.3, -0.25) is 0 Å². The normalized spacial score (nSPS) is 12.4. The average Bonchev–Trinajstić information content (AvgIpc) is 2.39. The summed E-state index contributed by atoms with van der Waals surface area (Å²) in [4.78, 5) is 0. The monoisotopic (exact) mass is 264 g/mol. The third-order valence-electron chi connectivity index (χ3n) is 3.36. The summed E-state index contributed by atoms with van der Waals surface area (Å²) in [5.74, 6) is -0.119. The standard InChI is InChI=1S/C15H21FN2O/c1-3-13(4-2)15(19)10-18-9-12-5-11(8-17)6-14(16)7-12/h5-7,13,15,18-19H,3-4,9-10H2,1-2H3. The highest BCUT2D eigenvalue weighted by Gasteiger charge is 2.14. The molecule has 0 aliphatic carbocycles. The molecule has 0 saturated carbocycles. The first-order valence-electron chi connectivity index (χ1n) is 6.69. The minimum Gasteiger partial charge on any atom is -0.392 e. The average molecular weight is 264 g/mol. The first-order chi connectivity index (χ1) is 9.10. The molecule has 0 heterocycles. The molecule has 2 N–H and O–H groups in total. The molecule has 3 nitrogen and oxygen atoms in total. The molecule has 0 aliphatic rings. The summed E-state index contributed by atoms with van der Waals surface area (Å²) >= 11 is 0.